The van der Waals surface area contributed by atoms with Gasteiger partial charge < -0.3 is 21.5 Å². The number of rotatable bonds is 4. The summed E-state index contributed by atoms with van der Waals surface area (Å²) >= 11 is 0. The lowest BCUT2D eigenvalue weighted by molar-refractivity contribution is 0.0944. The molecule has 0 atom stereocenters. The molecule has 0 saturated heterocycles. The third-order valence-corrected chi connectivity index (χ3v) is 2.25. The lowest BCUT2D eigenvalue weighted by atomic mass is 10.1. The van der Waals surface area contributed by atoms with Gasteiger partial charge in [-0.1, -0.05) is 0 Å². The Kier molecular flexibility index (Phi) is 3.96. The first kappa shape index (κ1) is 13.3. The van der Waals surface area contributed by atoms with E-state index in [2.05, 4.69) is 10.6 Å². The van der Waals surface area contributed by atoms with Gasteiger partial charge in [0.15, 0.2) is 0 Å². The summed E-state index contributed by atoms with van der Waals surface area (Å²) in [4.78, 5) is 11.4. The Morgan fingerprint density at radius 2 is 2.12 bits per heavy atom. The molecule has 0 fully saturated rings. The molecule has 5 N–H and O–H groups in total. The molecule has 94 valence electrons. The maximum absolute atomic E-state index is 11.4. The Bertz CT molecular complexity index is 411. The third-order valence-electron chi connectivity index (χ3n) is 2.25. The quantitative estimate of drug-likeness (QED) is 0.584. The number of aliphatic hydroxyl groups is 1. The van der Waals surface area contributed by atoms with Gasteiger partial charge in [0.2, 0.25) is 0 Å². The van der Waals surface area contributed by atoms with Crippen LogP contribution in [-0.4, -0.2) is 30.2 Å². The number of carbonyl (C=O) groups excluding carboxylic acids is 1. The second-order valence-electron chi connectivity index (χ2n) is 4.55. The van der Waals surface area contributed by atoms with Crippen LogP contribution in [-0.2, 0) is 0 Å². The lowest BCUT2D eigenvalue weighted by Gasteiger charge is -2.19. The van der Waals surface area contributed by atoms with Crippen molar-refractivity contribution in [3.8, 4) is 0 Å². The molecule has 0 spiro atoms. The number of nitrogen functional groups attached to an aromatic ring is 1. The molecule has 0 saturated carbocycles. The van der Waals surface area contributed by atoms with E-state index in [0.717, 1.165) is 0 Å². The van der Waals surface area contributed by atoms with Crippen molar-refractivity contribution in [2.24, 2.45) is 0 Å². The lowest BCUT2D eigenvalue weighted by Crippen LogP contribution is -2.29. The minimum absolute atomic E-state index is 0.170. The van der Waals surface area contributed by atoms with E-state index >= 15 is 0 Å². The van der Waals surface area contributed by atoms with Gasteiger partial charge in [0.25, 0.3) is 5.91 Å². The fraction of sp³-hybridized carbons (Fsp3) is 0.417. The van der Waals surface area contributed by atoms with E-state index in [0.29, 0.717) is 23.5 Å². The molecule has 1 amide bonds. The Morgan fingerprint density at radius 1 is 1.47 bits per heavy atom. The third kappa shape index (κ3) is 3.96. The van der Waals surface area contributed by atoms with Gasteiger partial charge in [-0.15, -0.1) is 0 Å². The molecule has 0 aliphatic carbocycles. The molecule has 1 aromatic carbocycles. The molecule has 0 bridgehead atoms. The van der Waals surface area contributed by atoms with Crippen molar-refractivity contribution in [2.45, 2.75) is 19.4 Å². The monoisotopic (exact) mass is 237 g/mol. The van der Waals surface area contributed by atoms with Gasteiger partial charge in [-0.05, 0) is 32.0 Å². The van der Waals surface area contributed by atoms with Crippen molar-refractivity contribution in [1.82, 2.24) is 5.32 Å². The highest BCUT2D eigenvalue weighted by Gasteiger charge is 2.13. The minimum Gasteiger partial charge on any atom is -0.397 e. The second kappa shape index (κ2) is 5.05. The second-order valence-corrected chi connectivity index (χ2v) is 4.55. The summed E-state index contributed by atoms with van der Waals surface area (Å²) in [6.07, 6.45) is 0. The van der Waals surface area contributed by atoms with Crippen LogP contribution in [0.4, 0.5) is 11.4 Å². The fourth-order valence-corrected chi connectivity index (χ4v) is 1.31. The van der Waals surface area contributed by atoms with Gasteiger partial charge in [0.1, 0.15) is 0 Å². The first-order valence-electron chi connectivity index (χ1n) is 5.41. The number of hydrogen-bond donors (Lipinski definition) is 4. The molecule has 0 aliphatic rings. The summed E-state index contributed by atoms with van der Waals surface area (Å²) in [5, 5.41) is 15.2. The molecule has 1 aromatic rings. The zero-order valence-electron chi connectivity index (χ0n) is 10.4. The Morgan fingerprint density at radius 3 is 2.65 bits per heavy atom. The molecular weight excluding hydrogens is 218 g/mol. The fourth-order valence-electron chi connectivity index (χ4n) is 1.31. The predicted molar refractivity (Wildman–Crippen MR) is 69.0 cm³/mol. The van der Waals surface area contributed by atoms with Gasteiger partial charge in [0.05, 0.1) is 17.0 Å². The van der Waals surface area contributed by atoms with Crippen LogP contribution in [0.2, 0.25) is 0 Å². The normalized spacial score (nSPS) is 11.1. The van der Waals surface area contributed by atoms with E-state index in [4.69, 9.17) is 5.73 Å². The molecule has 0 heterocycles. The van der Waals surface area contributed by atoms with E-state index in [1.807, 2.05) is 0 Å². The van der Waals surface area contributed by atoms with Gasteiger partial charge in [-0.2, -0.15) is 0 Å². The number of anilines is 2. The van der Waals surface area contributed by atoms with Crippen LogP contribution in [0.1, 0.15) is 24.2 Å². The van der Waals surface area contributed by atoms with Crippen molar-refractivity contribution < 1.29 is 9.90 Å². The van der Waals surface area contributed by atoms with E-state index in [-0.39, 0.29) is 5.91 Å². The standard InChI is InChI=1S/C12H19N3O2/c1-12(2,17)7-15-10-6-8(11(16)14-3)4-5-9(10)13/h4-6,15,17H,7,13H2,1-3H3,(H,14,16). The zero-order valence-corrected chi connectivity index (χ0v) is 10.4. The maximum Gasteiger partial charge on any atom is 0.251 e. The van der Waals surface area contributed by atoms with E-state index in [9.17, 15) is 9.90 Å². The Labute approximate surface area is 101 Å². The van der Waals surface area contributed by atoms with Crippen molar-refractivity contribution >= 4 is 17.3 Å². The molecule has 0 unspecified atom stereocenters. The maximum atomic E-state index is 11.4. The highest BCUT2D eigenvalue weighted by atomic mass is 16.3. The largest absolute Gasteiger partial charge is 0.397 e. The zero-order chi connectivity index (χ0) is 13.1. The van der Waals surface area contributed by atoms with Crippen LogP contribution in [0, 0.1) is 0 Å². The first-order valence-corrected chi connectivity index (χ1v) is 5.41. The van der Waals surface area contributed by atoms with E-state index < -0.39 is 5.60 Å². The van der Waals surface area contributed by atoms with E-state index in [1.54, 1.807) is 39.1 Å². The molecule has 0 radical (unpaired) electrons. The summed E-state index contributed by atoms with van der Waals surface area (Å²) in [6, 6.07) is 4.99. The average molecular weight is 237 g/mol. The summed E-state index contributed by atoms with van der Waals surface area (Å²) in [5.41, 5.74) is 6.66. The van der Waals surface area contributed by atoms with Gasteiger partial charge in [-0.25, -0.2) is 0 Å². The molecule has 0 aromatic heterocycles. The SMILES string of the molecule is CNC(=O)c1ccc(N)c(NCC(C)(C)O)c1. The molecular formula is C12H19N3O2. The predicted octanol–water partition coefficient (Wildman–Crippen LogP) is 0.811. The number of hydrogen-bond acceptors (Lipinski definition) is 4. The summed E-state index contributed by atoms with van der Waals surface area (Å²) in [5.74, 6) is -0.170. The Balaban J connectivity index is 2.87. The summed E-state index contributed by atoms with van der Waals surface area (Å²) in [6.45, 7) is 3.74. The van der Waals surface area contributed by atoms with Crippen molar-refractivity contribution in [2.75, 3.05) is 24.6 Å². The number of benzene rings is 1. The number of carbonyl (C=O) groups is 1. The molecule has 1 rings (SSSR count). The smallest absolute Gasteiger partial charge is 0.251 e. The highest BCUT2D eigenvalue weighted by molar-refractivity contribution is 5.96. The van der Waals surface area contributed by atoms with Gasteiger partial charge in [0, 0.05) is 19.2 Å². The highest BCUT2D eigenvalue weighted by Crippen LogP contribution is 2.20. The van der Waals surface area contributed by atoms with Crippen LogP contribution in [0.5, 0.6) is 0 Å². The molecule has 0 aliphatic heterocycles. The number of amides is 1. The van der Waals surface area contributed by atoms with Crippen LogP contribution in [0.15, 0.2) is 18.2 Å². The van der Waals surface area contributed by atoms with Crippen LogP contribution >= 0.6 is 0 Å². The first-order chi connectivity index (χ1) is 7.83. The average Bonchev–Trinajstić information content (AvgIpc) is 2.26. The van der Waals surface area contributed by atoms with Crippen molar-refractivity contribution in [1.29, 1.82) is 0 Å². The van der Waals surface area contributed by atoms with Crippen molar-refractivity contribution in [3.63, 3.8) is 0 Å². The Hall–Kier alpha value is -1.75. The van der Waals surface area contributed by atoms with Gasteiger partial charge in [-0.3, -0.25) is 4.79 Å². The van der Waals surface area contributed by atoms with Gasteiger partial charge >= 0.3 is 0 Å². The molecule has 5 heteroatoms. The van der Waals surface area contributed by atoms with Crippen LogP contribution in [0.3, 0.4) is 0 Å². The van der Waals surface area contributed by atoms with Crippen LogP contribution < -0.4 is 16.4 Å². The molecule has 17 heavy (non-hydrogen) atoms. The number of nitrogens with two attached hydrogens (primary N) is 1. The van der Waals surface area contributed by atoms with E-state index in [1.165, 1.54) is 0 Å². The molecule has 5 nitrogen and oxygen atoms in total. The topological polar surface area (TPSA) is 87.4 Å². The summed E-state index contributed by atoms with van der Waals surface area (Å²) in [7, 11) is 1.57. The summed E-state index contributed by atoms with van der Waals surface area (Å²) < 4.78 is 0. The number of nitrogens with one attached hydrogen (secondary N) is 2. The van der Waals surface area contributed by atoms with Crippen molar-refractivity contribution in [3.05, 3.63) is 23.8 Å². The minimum atomic E-state index is -0.838. The van der Waals surface area contributed by atoms with Crippen LogP contribution in [0.25, 0.3) is 0 Å².